The number of hydrogen-bond donors (Lipinski definition) is 3. The van der Waals surface area contributed by atoms with Crippen LogP contribution in [0.5, 0.6) is 0 Å². The predicted octanol–water partition coefficient (Wildman–Crippen LogP) is 0.328. The van der Waals surface area contributed by atoms with Crippen molar-refractivity contribution in [1.29, 1.82) is 0 Å². The summed E-state index contributed by atoms with van der Waals surface area (Å²) < 4.78 is 22.6. The number of nitrogen functional groups attached to an aromatic ring is 1. The first-order valence-electron chi connectivity index (χ1n) is 6.05. The Kier molecular flexibility index (Phi) is 4.46. The number of nitrogens with one attached hydrogen (secondary N) is 2. The first-order valence-corrected chi connectivity index (χ1v) is 8.24. The van der Waals surface area contributed by atoms with Crippen molar-refractivity contribution < 1.29 is 13.2 Å². The Morgan fingerprint density at radius 1 is 1.40 bits per heavy atom. The Bertz CT molecular complexity index is 606. The van der Waals surface area contributed by atoms with Crippen molar-refractivity contribution in [3.8, 4) is 0 Å². The van der Waals surface area contributed by atoms with E-state index in [4.69, 9.17) is 17.4 Å². The molecule has 0 unspecified atom stereocenters. The molecule has 1 saturated heterocycles. The normalized spacial score (nSPS) is 18.5. The zero-order valence-electron chi connectivity index (χ0n) is 10.6. The average molecular weight is 319 g/mol. The number of carbonyl (C=O) groups is 1. The average Bonchev–Trinajstić information content (AvgIpc) is 2.41. The quantitative estimate of drug-likeness (QED) is 0.546. The van der Waals surface area contributed by atoms with Crippen molar-refractivity contribution in [2.45, 2.75) is 18.9 Å². The third kappa shape index (κ3) is 3.59. The van der Waals surface area contributed by atoms with Crippen molar-refractivity contribution in [2.24, 2.45) is 5.84 Å². The minimum Gasteiger partial charge on any atom is -0.349 e. The zero-order valence-corrected chi connectivity index (χ0v) is 12.2. The third-order valence-electron chi connectivity index (χ3n) is 3.13. The Morgan fingerprint density at radius 2 is 2.05 bits per heavy atom. The van der Waals surface area contributed by atoms with E-state index in [1.807, 2.05) is 0 Å². The zero-order chi connectivity index (χ0) is 14.8. The third-order valence-corrected chi connectivity index (χ3v) is 5.13. The number of nitrogens with two attached hydrogens (primary N) is 1. The molecule has 0 aliphatic carbocycles. The van der Waals surface area contributed by atoms with Crippen LogP contribution < -0.4 is 16.6 Å². The second kappa shape index (κ2) is 5.94. The van der Waals surface area contributed by atoms with Crippen LogP contribution >= 0.6 is 11.6 Å². The van der Waals surface area contributed by atoms with Gasteiger partial charge in [0.05, 0.1) is 22.1 Å². The Morgan fingerprint density at radius 3 is 2.60 bits per heavy atom. The second-order valence-corrected chi connectivity index (χ2v) is 7.31. The van der Waals surface area contributed by atoms with Gasteiger partial charge in [0, 0.05) is 12.2 Å². The highest BCUT2D eigenvalue weighted by atomic mass is 35.5. The predicted molar refractivity (Wildman–Crippen MR) is 76.2 cm³/mol. The molecule has 1 aromatic rings. The van der Waals surface area contributed by atoms with Gasteiger partial charge >= 0.3 is 0 Å². The number of nitrogens with zero attached hydrogens (tertiary/aromatic N) is 1. The molecule has 0 saturated carbocycles. The minimum absolute atomic E-state index is 0.104. The molecular weight excluding hydrogens is 304 g/mol. The van der Waals surface area contributed by atoms with E-state index >= 15 is 0 Å². The lowest BCUT2D eigenvalue weighted by Crippen LogP contribution is -2.40. The summed E-state index contributed by atoms with van der Waals surface area (Å²) in [4.78, 5) is 15.9. The standard InChI is InChI=1S/C11H15ClN4O3S/c12-9-5-7(6-14-10(9)16-13)11(17)15-8-1-3-20(18,19)4-2-8/h5-6,8H,1-4,13H2,(H,14,16)(H,15,17). The molecule has 110 valence electrons. The molecule has 0 spiro atoms. The maximum absolute atomic E-state index is 12.0. The highest BCUT2D eigenvalue weighted by molar-refractivity contribution is 7.91. The van der Waals surface area contributed by atoms with E-state index < -0.39 is 9.84 Å². The molecule has 7 nitrogen and oxygen atoms in total. The molecule has 1 aliphatic rings. The molecule has 0 bridgehead atoms. The summed E-state index contributed by atoms with van der Waals surface area (Å²) in [6.07, 6.45) is 2.21. The first kappa shape index (κ1) is 15.0. The number of hydrazine groups is 1. The van der Waals surface area contributed by atoms with Gasteiger partial charge in [0.1, 0.15) is 9.84 Å². The monoisotopic (exact) mass is 318 g/mol. The van der Waals surface area contributed by atoms with Gasteiger partial charge in [-0.15, -0.1) is 0 Å². The van der Waals surface area contributed by atoms with Gasteiger partial charge in [-0.1, -0.05) is 11.6 Å². The number of carbonyl (C=O) groups excluding carboxylic acids is 1. The van der Waals surface area contributed by atoms with Crippen molar-refractivity contribution >= 4 is 33.2 Å². The number of amides is 1. The van der Waals surface area contributed by atoms with E-state index in [0.717, 1.165) is 0 Å². The minimum atomic E-state index is -2.94. The topological polar surface area (TPSA) is 114 Å². The SMILES string of the molecule is NNc1ncc(C(=O)NC2CCS(=O)(=O)CC2)cc1Cl. The van der Waals surface area contributed by atoms with E-state index in [9.17, 15) is 13.2 Å². The highest BCUT2D eigenvalue weighted by Gasteiger charge is 2.25. The Labute approximate surface area is 121 Å². The molecule has 1 fully saturated rings. The molecule has 0 aromatic carbocycles. The largest absolute Gasteiger partial charge is 0.349 e. The van der Waals surface area contributed by atoms with Crippen LogP contribution in [0.3, 0.4) is 0 Å². The molecule has 9 heteroatoms. The second-order valence-electron chi connectivity index (χ2n) is 4.60. The molecule has 1 amide bonds. The maximum Gasteiger partial charge on any atom is 0.253 e. The van der Waals surface area contributed by atoms with Crippen molar-refractivity contribution in [1.82, 2.24) is 10.3 Å². The van der Waals surface area contributed by atoms with Crippen LogP contribution in [0.25, 0.3) is 0 Å². The van der Waals surface area contributed by atoms with Gasteiger partial charge in [0.25, 0.3) is 5.91 Å². The number of halogens is 1. The lowest BCUT2D eigenvalue weighted by atomic mass is 10.1. The van der Waals surface area contributed by atoms with Crippen LogP contribution in [0, 0.1) is 0 Å². The highest BCUT2D eigenvalue weighted by Crippen LogP contribution is 2.19. The van der Waals surface area contributed by atoms with Crippen LogP contribution in [0.15, 0.2) is 12.3 Å². The van der Waals surface area contributed by atoms with Crippen molar-refractivity contribution in [3.63, 3.8) is 0 Å². The lowest BCUT2D eigenvalue weighted by molar-refractivity contribution is 0.0934. The van der Waals surface area contributed by atoms with Crippen molar-refractivity contribution in [2.75, 3.05) is 16.9 Å². The van der Waals surface area contributed by atoms with Gasteiger partial charge in [-0.3, -0.25) is 4.79 Å². The van der Waals surface area contributed by atoms with E-state index in [1.54, 1.807) is 0 Å². The fourth-order valence-corrected chi connectivity index (χ4v) is 3.68. The van der Waals surface area contributed by atoms with E-state index in [0.29, 0.717) is 18.4 Å². The fraction of sp³-hybridized carbons (Fsp3) is 0.455. The molecule has 0 radical (unpaired) electrons. The van der Waals surface area contributed by atoms with Gasteiger partial charge in [0.15, 0.2) is 5.82 Å². The summed E-state index contributed by atoms with van der Waals surface area (Å²) in [6, 6.07) is 1.32. The van der Waals surface area contributed by atoms with E-state index in [-0.39, 0.29) is 34.3 Å². The summed E-state index contributed by atoms with van der Waals surface area (Å²) in [7, 11) is -2.94. The summed E-state index contributed by atoms with van der Waals surface area (Å²) in [5.41, 5.74) is 2.62. The summed E-state index contributed by atoms with van der Waals surface area (Å²) >= 11 is 5.89. The summed E-state index contributed by atoms with van der Waals surface area (Å²) in [6.45, 7) is 0. The number of hydrogen-bond acceptors (Lipinski definition) is 6. The van der Waals surface area contributed by atoms with Gasteiger partial charge < -0.3 is 10.7 Å². The molecule has 1 aromatic heterocycles. The van der Waals surface area contributed by atoms with Gasteiger partial charge in [-0.2, -0.15) is 0 Å². The number of anilines is 1. The van der Waals surface area contributed by atoms with Crippen molar-refractivity contribution in [3.05, 3.63) is 22.8 Å². The summed E-state index contributed by atoms with van der Waals surface area (Å²) in [5.74, 6) is 5.36. The molecule has 2 heterocycles. The number of pyridine rings is 1. The number of rotatable bonds is 3. The molecule has 0 atom stereocenters. The maximum atomic E-state index is 12.0. The van der Waals surface area contributed by atoms with Gasteiger partial charge in [-0.25, -0.2) is 19.2 Å². The van der Waals surface area contributed by atoms with Crippen LogP contribution in [0.4, 0.5) is 5.82 Å². The Balaban J connectivity index is 2.00. The fourth-order valence-electron chi connectivity index (χ4n) is 1.97. The first-order chi connectivity index (χ1) is 9.41. The lowest BCUT2D eigenvalue weighted by Gasteiger charge is -2.23. The van der Waals surface area contributed by atoms with Gasteiger partial charge in [0.2, 0.25) is 0 Å². The number of aromatic nitrogens is 1. The summed E-state index contributed by atoms with van der Waals surface area (Å²) in [5, 5.41) is 3.03. The number of sulfone groups is 1. The van der Waals surface area contributed by atoms with Gasteiger partial charge in [-0.05, 0) is 18.9 Å². The molecular formula is C11H15ClN4O3S. The van der Waals surface area contributed by atoms with Crippen LogP contribution in [-0.2, 0) is 9.84 Å². The van der Waals surface area contributed by atoms with E-state index in [1.165, 1.54) is 12.3 Å². The van der Waals surface area contributed by atoms with Crippen LogP contribution in [0.1, 0.15) is 23.2 Å². The van der Waals surface area contributed by atoms with E-state index in [2.05, 4.69) is 15.7 Å². The van der Waals surface area contributed by atoms with Crippen LogP contribution in [0.2, 0.25) is 5.02 Å². The molecule has 1 aliphatic heterocycles. The molecule has 2 rings (SSSR count). The smallest absolute Gasteiger partial charge is 0.253 e. The Hall–Kier alpha value is -1.38. The van der Waals surface area contributed by atoms with Crippen LogP contribution in [-0.4, -0.2) is 36.9 Å². The molecule has 4 N–H and O–H groups in total. The molecule has 20 heavy (non-hydrogen) atoms.